The maximum atomic E-state index is 5.87. The summed E-state index contributed by atoms with van der Waals surface area (Å²) in [5.74, 6) is 0. The van der Waals surface area contributed by atoms with Crippen LogP contribution in [-0.4, -0.2) is 20.0 Å². The predicted molar refractivity (Wildman–Crippen MR) is 78.6 cm³/mol. The Labute approximate surface area is 114 Å². The third-order valence-electron chi connectivity index (χ3n) is 3.35. The first kappa shape index (κ1) is 10.9. The van der Waals surface area contributed by atoms with Gasteiger partial charge >= 0.3 is 0 Å². The maximum absolute atomic E-state index is 5.87. The van der Waals surface area contributed by atoms with E-state index in [1.165, 1.54) is 0 Å². The van der Waals surface area contributed by atoms with Crippen molar-refractivity contribution >= 4 is 27.5 Å². The third kappa shape index (κ3) is 1.53. The van der Waals surface area contributed by atoms with E-state index in [1.807, 2.05) is 53.3 Å². The van der Waals surface area contributed by atoms with E-state index in [2.05, 4.69) is 15.3 Å². The van der Waals surface area contributed by atoms with Crippen molar-refractivity contribution < 1.29 is 0 Å². The van der Waals surface area contributed by atoms with Crippen molar-refractivity contribution in [1.82, 2.24) is 20.0 Å². The van der Waals surface area contributed by atoms with E-state index in [4.69, 9.17) is 5.73 Å². The molecule has 20 heavy (non-hydrogen) atoms. The van der Waals surface area contributed by atoms with Gasteiger partial charge < -0.3 is 5.73 Å². The van der Waals surface area contributed by atoms with E-state index in [1.54, 1.807) is 6.20 Å². The van der Waals surface area contributed by atoms with E-state index in [9.17, 15) is 0 Å². The van der Waals surface area contributed by atoms with E-state index in [-0.39, 0.29) is 0 Å². The standard InChI is InChI=1S/C15H11N5/c16-11-6-5-10-8-18-20(14(10)7-11)15-9-17-19-13-4-2-1-3-12(13)15/h1-9H,16H2. The Balaban J connectivity index is 2.09. The number of nitrogen functional groups attached to an aromatic ring is 1. The van der Waals surface area contributed by atoms with Gasteiger partial charge in [0.15, 0.2) is 0 Å². The highest BCUT2D eigenvalue weighted by atomic mass is 15.3. The molecule has 0 bridgehead atoms. The maximum Gasteiger partial charge on any atom is 0.0951 e. The fourth-order valence-corrected chi connectivity index (χ4v) is 2.39. The van der Waals surface area contributed by atoms with Gasteiger partial charge in [0.2, 0.25) is 0 Å². The minimum Gasteiger partial charge on any atom is -0.399 e. The number of fused-ring (bicyclic) bond motifs is 2. The molecule has 2 aromatic heterocycles. The summed E-state index contributed by atoms with van der Waals surface area (Å²) in [5, 5.41) is 14.7. The predicted octanol–water partition coefficient (Wildman–Crippen LogP) is 2.55. The first-order valence-electron chi connectivity index (χ1n) is 6.27. The molecule has 96 valence electrons. The molecule has 2 N–H and O–H groups in total. The molecule has 5 heteroatoms. The monoisotopic (exact) mass is 261 g/mol. The summed E-state index contributed by atoms with van der Waals surface area (Å²) in [4.78, 5) is 0. The number of aromatic nitrogens is 4. The Kier molecular flexibility index (Phi) is 2.20. The number of anilines is 1. The van der Waals surface area contributed by atoms with Crippen LogP contribution in [0.25, 0.3) is 27.5 Å². The SMILES string of the molecule is Nc1ccc2cnn(-c3cnnc4ccccc34)c2c1. The van der Waals surface area contributed by atoms with Crippen molar-refractivity contribution in [2.45, 2.75) is 0 Å². The zero-order valence-electron chi connectivity index (χ0n) is 10.6. The quantitative estimate of drug-likeness (QED) is 0.534. The lowest BCUT2D eigenvalue weighted by Gasteiger charge is -2.06. The highest BCUT2D eigenvalue weighted by Gasteiger charge is 2.09. The lowest BCUT2D eigenvalue weighted by molar-refractivity contribution is 0.900. The molecule has 4 rings (SSSR count). The normalized spacial score (nSPS) is 11.2. The van der Waals surface area contributed by atoms with E-state index < -0.39 is 0 Å². The summed E-state index contributed by atoms with van der Waals surface area (Å²) in [7, 11) is 0. The topological polar surface area (TPSA) is 69.6 Å². The van der Waals surface area contributed by atoms with Gasteiger partial charge in [-0.3, -0.25) is 0 Å². The van der Waals surface area contributed by atoms with Crippen LogP contribution in [0.15, 0.2) is 54.9 Å². The number of rotatable bonds is 1. The van der Waals surface area contributed by atoms with Crippen LogP contribution >= 0.6 is 0 Å². The van der Waals surface area contributed by atoms with E-state index >= 15 is 0 Å². The van der Waals surface area contributed by atoms with Crippen molar-refractivity contribution in [2.24, 2.45) is 0 Å². The molecule has 0 unspecified atom stereocenters. The van der Waals surface area contributed by atoms with Gasteiger partial charge in [-0.05, 0) is 24.3 Å². The summed E-state index contributed by atoms with van der Waals surface area (Å²) in [5.41, 5.74) is 9.29. The second-order valence-electron chi connectivity index (χ2n) is 4.62. The van der Waals surface area contributed by atoms with Gasteiger partial charge in [-0.1, -0.05) is 18.2 Å². The fourth-order valence-electron chi connectivity index (χ4n) is 2.39. The van der Waals surface area contributed by atoms with Crippen LogP contribution in [0.4, 0.5) is 5.69 Å². The van der Waals surface area contributed by atoms with Crippen LogP contribution in [0.5, 0.6) is 0 Å². The van der Waals surface area contributed by atoms with Crippen LogP contribution < -0.4 is 5.73 Å². The molecule has 0 saturated heterocycles. The summed E-state index contributed by atoms with van der Waals surface area (Å²) in [6.45, 7) is 0. The van der Waals surface area contributed by atoms with Crippen molar-refractivity contribution in [3.8, 4) is 5.69 Å². The minimum absolute atomic E-state index is 0.713. The molecule has 5 nitrogen and oxygen atoms in total. The first-order valence-corrected chi connectivity index (χ1v) is 6.27. The van der Waals surface area contributed by atoms with Crippen molar-refractivity contribution in [2.75, 3.05) is 5.73 Å². The van der Waals surface area contributed by atoms with Crippen LogP contribution in [0.2, 0.25) is 0 Å². The van der Waals surface area contributed by atoms with E-state index in [0.29, 0.717) is 5.69 Å². The number of nitrogens with zero attached hydrogens (tertiary/aromatic N) is 4. The number of nitrogens with two attached hydrogens (primary N) is 1. The zero-order valence-corrected chi connectivity index (χ0v) is 10.6. The van der Waals surface area contributed by atoms with Gasteiger partial charge in [-0.25, -0.2) is 4.68 Å². The molecule has 0 radical (unpaired) electrons. The molecule has 0 atom stereocenters. The van der Waals surface area contributed by atoms with Crippen molar-refractivity contribution in [3.63, 3.8) is 0 Å². The lowest BCUT2D eigenvalue weighted by atomic mass is 10.2. The Morgan fingerprint density at radius 2 is 1.90 bits per heavy atom. The molecular formula is C15H11N5. The molecule has 0 aliphatic rings. The number of benzene rings is 2. The molecule has 0 saturated carbocycles. The van der Waals surface area contributed by atoms with Gasteiger partial charge in [-0.2, -0.15) is 15.3 Å². The summed E-state index contributed by atoms with van der Waals surface area (Å²) in [6.07, 6.45) is 3.54. The zero-order chi connectivity index (χ0) is 13.5. The number of hydrogen-bond acceptors (Lipinski definition) is 4. The summed E-state index contributed by atoms with van der Waals surface area (Å²) >= 11 is 0. The molecule has 4 aromatic rings. The highest BCUT2D eigenvalue weighted by Crippen LogP contribution is 2.24. The van der Waals surface area contributed by atoms with Crippen LogP contribution in [-0.2, 0) is 0 Å². The molecular weight excluding hydrogens is 250 g/mol. The largest absolute Gasteiger partial charge is 0.399 e. The molecule has 0 fully saturated rings. The van der Waals surface area contributed by atoms with Gasteiger partial charge in [-0.15, -0.1) is 0 Å². The Morgan fingerprint density at radius 1 is 1.00 bits per heavy atom. The third-order valence-corrected chi connectivity index (χ3v) is 3.35. The fraction of sp³-hybridized carbons (Fsp3) is 0. The summed E-state index contributed by atoms with van der Waals surface area (Å²) < 4.78 is 1.85. The van der Waals surface area contributed by atoms with Crippen molar-refractivity contribution in [1.29, 1.82) is 0 Å². The Hall–Kier alpha value is -2.95. The Bertz CT molecular complexity index is 921. The molecule has 2 aromatic carbocycles. The second-order valence-corrected chi connectivity index (χ2v) is 4.62. The van der Waals surface area contributed by atoms with Crippen LogP contribution in [0, 0.1) is 0 Å². The van der Waals surface area contributed by atoms with Gasteiger partial charge in [0, 0.05) is 16.5 Å². The molecule has 0 aliphatic carbocycles. The Morgan fingerprint density at radius 3 is 2.85 bits per heavy atom. The summed E-state index contributed by atoms with van der Waals surface area (Å²) in [6, 6.07) is 13.6. The average Bonchev–Trinajstić information content (AvgIpc) is 2.89. The number of hydrogen-bond donors (Lipinski definition) is 1. The highest BCUT2D eigenvalue weighted by molar-refractivity contribution is 5.90. The van der Waals surface area contributed by atoms with Gasteiger partial charge in [0.1, 0.15) is 0 Å². The van der Waals surface area contributed by atoms with Gasteiger partial charge in [0.05, 0.1) is 29.1 Å². The molecule has 0 aliphatic heterocycles. The smallest absolute Gasteiger partial charge is 0.0951 e. The first-order chi connectivity index (χ1) is 9.83. The average molecular weight is 261 g/mol. The van der Waals surface area contributed by atoms with E-state index in [0.717, 1.165) is 27.5 Å². The minimum atomic E-state index is 0.713. The second kappa shape index (κ2) is 4.03. The van der Waals surface area contributed by atoms with Crippen molar-refractivity contribution in [3.05, 3.63) is 54.9 Å². The molecule has 2 heterocycles. The van der Waals surface area contributed by atoms with Crippen LogP contribution in [0.3, 0.4) is 0 Å². The molecule has 0 amide bonds. The van der Waals surface area contributed by atoms with Crippen LogP contribution in [0.1, 0.15) is 0 Å². The van der Waals surface area contributed by atoms with Gasteiger partial charge in [0.25, 0.3) is 0 Å². The lowest BCUT2D eigenvalue weighted by Crippen LogP contribution is -1.99. The molecule has 0 spiro atoms.